The summed E-state index contributed by atoms with van der Waals surface area (Å²) < 4.78 is 2.46. The predicted octanol–water partition coefficient (Wildman–Crippen LogP) is 4.01. The number of imidazole rings is 1. The molecule has 0 spiro atoms. The van der Waals surface area contributed by atoms with Gasteiger partial charge in [0.25, 0.3) is 0 Å². The van der Waals surface area contributed by atoms with Crippen LogP contribution in [0.15, 0.2) is 18.5 Å². The van der Waals surface area contributed by atoms with Gasteiger partial charge >= 0.3 is 0 Å². The van der Waals surface area contributed by atoms with Crippen molar-refractivity contribution in [3.05, 3.63) is 29.6 Å². The van der Waals surface area contributed by atoms with Crippen LogP contribution in [0.5, 0.6) is 0 Å². The van der Waals surface area contributed by atoms with Gasteiger partial charge < -0.3 is 4.57 Å². The summed E-state index contributed by atoms with van der Waals surface area (Å²) in [4.78, 5) is 4.61. The van der Waals surface area contributed by atoms with Crippen molar-refractivity contribution in [3.63, 3.8) is 0 Å². The third-order valence-corrected chi connectivity index (χ3v) is 5.25. The SMILES string of the molecule is Cc1cc2ncn(C3CC4CCC3C4)c2cc1C. The van der Waals surface area contributed by atoms with Crippen molar-refractivity contribution >= 4 is 11.0 Å². The summed E-state index contributed by atoms with van der Waals surface area (Å²) in [5.41, 5.74) is 5.24. The summed E-state index contributed by atoms with van der Waals surface area (Å²) in [6, 6.07) is 5.27. The van der Waals surface area contributed by atoms with Gasteiger partial charge in [0.15, 0.2) is 0 Å². The molecule has 2 aliphatic rings. The molecule has 2 saturated carbocycles. The maximum Gasteiger partial charge on any atom is 0.0961 e. The van der Waals surface area contributed by atoms with E-state index in [4.69, 9.17) is 0 Å². The molecule has 0 aliphatic heterocycles. The minimum Gasteiger partial charge on any atom is -0.327 e. The van der Waals surface area contributed by atoms with E-state index in [-0.39, 0.29) is 0 Å². The third-order valence-electron chi connectivity index (χ3n) is 5.25. The van der Waals surface area contributed by atoms with Crippen molar-refractivity contribution in [1.82, 2.24) is 9.55 Å². The molecule has 0 N–H and O–H groups in total. The first kappa shape index (κ1) is 10.6. The van der Waals surface area contributed by atoms with Gasteiger partial charge in [-0.3, -0.25) is 0 Å². The normalized spacial score (nSPS) is 30.4. The maximum atomic E-state index is 4.61. The van der Waals surface area contributed by atoms with Crippen LogP contribution in [-0.2, 0) is 0 Å². The number of benzene rings is 1. The van der Waals surface area contributed by atoms with E-state index in [0.29, 0.717) is 0 Å². The lowest BCUT2D eigenvalue weighted by Crippen LogP contribution is -2.15. The average Bonchev–Trinajstić information content (AvgIpc) is 3.03. The fourth-order valence-electron chi connectivity index (χ4n) is 4.10. The second-order valence-electron chi connectivity index (χ2n) is 6.32. The van der Waals surface area contributed by atoms with Crippen molar-refractivity contribution in [2.75, 3.05) is 0 Å². The van der Waals surface area contributed by atoms with Crippen LogP contribution < -0.4 is 0 Å². The summed E-state index contributed by atoms with van der Waals surface area (Å²) in [7, 11) is 0. The smallest absolute Gasteiger partial charge is 0.0961 e. The van der Waals surface area contributed by atoms with Crippen LogP contribution in [0.4, 0.5) is 0 Å². The molecule has 0 radical (unpaired) electrons. The molecular formula is C16H20N2. The number of rotatable bonds is 1. The molecule has 0 amide bonds. The fraction of sp³-hybridized carbons (Fsp3) is 0.562. The molecule has 2 fully saturated rings. The quantitative estimate of drug-likeness (QED) is 0.736. The highest BCUT2D eigenvalue weighted by atomic mass is 15.1. The Bertz CT molecular complexity index is 611. The topological polar surface area (TPSA) is 17.8 Å². The van der Waals surface area contributed by atoms with Gasteiger partial charge in [0.1, 0.15) is 0 Å². The Morgan fingerprint density at radius 3 is 2.67 bits per heavy atom. The molecule has 94 valence electrons. The Hall–Kier alpha value is -1.31. The van der Waals surface area contributed by atoms with Gasteiger partial charge in [-0.25, -0.2) is 4.98 Å². The van der Waals surface area contributed by atoms with Crippen LogP contribution >= 0.6 is 0 Å². The summed E-state index contributed by atoms with van der Waals surface area (Å²) in [6.07, 6.45) is 7.80. The zero-order valence-corrected chi connectivity index (χ0v) is 11.2. The molecule has 3 unspecified atom stereocenters. The zero-order valence-electron chi connectivity index (χ0n) is 11.2. The molecule has 2 nitrogen and oxygen atoms in total. The predicted molar refractivity (Wildman–Crippen MR) is 73.7 cm³/mol. The zero-order chi connectivity index (χ0) is 12.3. The molecule has 1 heterocycles. The molecule has 18 heavy (non-hydrogen) atoms. The van der Waals surface area contributed by atoms with Crippen LogP contribution in [0.2, 0.25) is 0 Å². The van der Waals surface area contributed by atoms with Crippen LogP contribution in [0.1, 0.15) is 42.9 Å². The summed E-state index contributed by atoms with van der Waals surface area (Å²) in [5.74, 6) is 1.90. The summed E-state index contributed by atoms with van der Waals surface area (Å²) in [6.45, 7) is 4.37. The largest absolute Gasteiger partial charge is 0.327 e. The lowest BCUT2D eigenvalue weighted by molar-refractivity contribution is 0.336. The van der Waals surface area contributed by atoms with E-state index in [1.54, 1.807) is 0 Å². The summed E-state index contributed by atoms with van der Waals surface area (Å²) in [5, 5.41) is 0. The average molecular weight is 240 g/mol. The third kappa shape index (κ3) is 1.38. The van der Waals surface area contributed by atoms with Crippen molar-refractivity contribution in [1.29, 1.82) is 0 Å². The van der Waals surface area contributed by atoms with Crippen molar-refractivity contribution in [2.45, 2.75) is 45.6 Å². The number of nitrogens with zero attached hydrogens (tertiary/aromatic N) is 2. The van der Waals surface area contributed by atoms with E-state index in [0.717, 1.165) is 17.9 Å². The molecule has 3 atom stereocenters. The van der Waals surface area contributed by atoms with E-state index >= 15 is 0 Å². The second kappa shape index (κ2) is 3.59. The van der Waals surface area contributed by atoms with E-state index < -0.39 is 0 Å². The van der Waals surface area contributed by atoms with Crippen molar-refractivity contribution in [2.24, 2.45) is 11.8 Å². The van der Waals surface area contributed by atoms with Crippen LogP contribution in [-0.4, -0.2) is 9.55 Å². The van der Waals surface area contributed by atoms with Gasteiger partial charge in [0.2, 0.25) is 0 Å². The van der Waals surface area contributed by atoms with Crippen molar-refractivity contribution in [3.8, 4) is 0 Å². The van der Waals surface area contributed by atoms with Crippen LogP contribution in [0.25, 0.3) is 11.0 Å². The van der Waals surface area contributed by atoms with Gasteiger partial charge in [0, 0.05) is 6.04 Å². The Balaban J connectivity index is 1.83. The lowest BCUT2D eigenvalue weighted by atomic mass is 9.95. The van der Waals surface area contributed by atoms with E-state index in [9.17, 15) is 0 Å². The van der Waals surface area contributed by atoms with E-state index in [2.05, 4.69) is 41.9 Å². The molecule has 2 bridgehead atoms. The van der Waals surface area contributed by atoms with Crippen LogP contribution in [0, 0.1) is 25.7 Å². The first-order valence-electron chi connectivity index (χ1n) is 7.16. The molecule has 4 rings (SSSR count). The number of aromatic nitrogens is 2. The van der Waals surface area contributed by atoms with E-state index in [1.807, 2.05) is 0 Å². The minimum atomic E-state index is 0.718. The maximum absolute atomic E-state index is 4.61. The molecule has 2 heteroatoms. The molecule has 1 aromatic heterocycles. The number of fused-ring (bicyclic) bond motifs is 3. The number of hydrogen-bond acceptors (Lipinski definition) is 1. The Morgan fingerprint density at radius 2 is 1.94 bits per heavy atom. The highest BCUT2D eigenvalue weighted by Gasteiger charge is 2.40. The second-order valence-corrected chi connectivity index (χ2v) is 6.32. The molecular weight excluding hydrogens is 220 g/mol. The molecule has 1 aromatic carbocycles. The van der Waals surface area contributed by atoms with Gasteiger partial charge in [-0.05, 0) is 68.2 Å². The van der Waals surface area contributed by atoms with Gasteiger partial charge in [-0.1, -0.05) is 6.42 Å². The van der Waals surface area contributed by atoms with Gasteiger partial charge in [-0.15, -0.1) is 0 Å². The highest BCUT2D eigenvalue weighted by Crippen LogP contribution is 2.51. The molecule has 2 aliphatic carbocycles. The summed E-state index contributed by atoms with van der Waals surface area (Å²) >= 11 is 0. The van der Waals surface area contributed by atoms with Gasteiger partial charge in [-0.2, -0.15) is 0 Å². The highest BCUT2D eigenvalue weighted by molar-refractivity contribution is 5.77. The minimum absolute atomic E-state index is 0.718. The standard InChI is InChI=1S/C16H20N2/c1-10-5-14-16(6-11(10)2)18(9-17-14)15-8-12-3-4-13(15)7-12/h5-6,9,12-13,15H,3-4,7-8H2,1-2H3. The fourth-order valence-corrected chi connectivity index (χ4v) is 4.10. The lowest BCUT2D eigenvalue weighted by Gasteiger charge is -2.23. The van der Waals surface area contributed by atoms with E-state index in [1.165, 1.54) is 47.8 Å². The van der Waals surface area contributed by atoms with Gasteiger partial charge in [0.05, 0.1) is 17.4 Å². The molecule has 2 aromatic rings. The molecule has 0 saturated heterocycles. The Morgan fingerprint density at radius 1 is 1.11 bits per heavy atom. The first-order valence-corrected chi connectivity index (χ1v) is 7.16. The van der Waals surface area contributed by atoms with Crippen LogP contribution in [0.3, 0.4) is 0 Å². The van der Waals surface area contributed by atoms with Crippen molar-refractivity contribution < 1.29 is 0 Å². The number of hydrogen-bond donors (Lipinski definition) is 0. The number of aryl methyl sites for hydroxylation is 2. The Kier molecular flexibility index (Phi) is 2.12. The first-order chi connectivity index (χ1) is 8.72. The Labute approximate surface area is 108 Å². The monoisotopic (exact) mass is 240 g/mol.